The molecule has 0 heterocycles. The Morgan fingerprint density at radius 3 is 2.38 bits per heavy atom. The van der Waals surface area contributed by atoms with Gasteiger partial charge in [-0.15, -0.1) is 0 Å². The van der Waals surface area contributed by atoms with Gasteiger partial charge in [-0.1, -0.05) is 36.2 Å². The Bertz CT molecular complexity index is 72.9. The molecule has 0 aliphatic rings. The number of carbonyl (C=O) groups is 1. The maximum absolute atomic E-state index is 10.1. The van der Waals surface area contributed by atoms with Gasteiger partial charge in [0, 0.05) is 0 Å². The van der Waals surface area contributed by atoms with Crippen LogP contribution in [-0.2, 0) is 4.79 Å². The van der Waals surface area contributed by atoms with Gasteiger partial charge in [-0.2, -0.15) is 0 Å². The first-order valence-electron chi connectivity index (χ1n) is 2.81. The molecule has 0 aromatic carbocycles. The lowest BCUT2D eigenvalue weighted by Crippen LogP contribution is -2.10. The van der Waals surface area contributed by atoms with E-state index in [1.54, 1.807) is 0 Å². The van der Waals surface area contributed by atoms with E-state index in [2.05, 4.69) is 22.9 Å². The van der Waals surface area contributed by atoms with Gasteiger partial charge in [-0.05, 0) is 5.92 Å². The van der Waals surface area contributed by atoms with Crippen LogP contribution in [0.5, 0.6) is 0 Å². The van der Waals surface area contributed by atoms with E-state index in [0.717, 1.165) is 12.7 Å². The Balaban J connectivity index is 3.44. The highest BCUT2D eigenvalue weighted by Gasteiger charge is 2.08. The van der Waals surface area contributed by atoms with Crippen LogP contribution in [0.25, 0.3) is 0 Å². The molecule has 0 rings (SSSR count). The lowest BCUT2D eigenvalue weighted by Gasteiger charge is -2.07. The van der Waals surface area contributed by atoms with Crippen molar-refractivity contribution in [1.29, 1.82) is 0 Å². The summed E-state index contributed by atoms with van der Waals surface area (Å²) in [5, 5.41) is 0. The zero-order valence-electron chi connectivity index (χ0n) is 5.23. The summed E-state index contributed by atoms with van der Waals surface area (Å²) in [6.45, 7) is 4.12. The molecular formula is C6H11BrO. The minimum atomic E-state index is 0.0486. The molecule has 0 aromatic rings. The van der Waals surface area contributed by atoms with Crippen LogP contribution in [0.15, 0.2) is 0 Å². The fourth-order valence-electron chi connectivity index (χ4n) is 0.359. The van der Waals surface area contributed by atoms with Gasteiger partial charge in [0.2, 0.25) is 0 Å². The SMILES string of the molecule is CCC(C)C(Br)C=O. The summed E-state index contributed by atoms with van der Waals surface area (Å²) in [6.07, 6.45) is 1.99. The number of aldehydes is 1. The zero-order chi connectivity index (χ0) is 6.57. The second kappa shape index (κ2) is 4.07. The van der Waals surface area contributed by atoms with Gasteiger partial charge in [0.15, 0.2) is 0 Å². The lowest BCUT2D eigenvalue weighted by molar-refractivity contribution is -0.107. The Morgan fingerprint density at radius 1 is 1.75 bits per heavy atom. The highest BCUT2D eigenvalue weighted by atomic mass is 79.9. The minimum Gasteiger partial charge on any atom is -0.302 e. The van der Waals surface area contributed by atoms with Crippen molar-refractivity contribution in [1.82, 2.24) is 0 Å². The Hall–Kier alpha value is 0.150. The zero-order valence-corrected chi connectivity index (χ0v) is 6.81. The van der Waals surface area contributed by atoms with Crippen LogP contribution in [0.1, 0.15) is 20.3 Å². The third-order valence-electron chi connectivity index (χ3n) is 1.32. The number of hydrogen-bond acceptors (Lipinski definition) is 1. The highest BCUT2D eigenvalue weighted by molar-refractivity contribution is 9.09. The number of rotatable bonds is 3. The van der Waals surface area contributed by atoms with Gasteiger partial charge in [-0.3, -0.25) is 0 Å². The molecule has 0 amide bonds. The smallest absolute Gasteiger partial charge is 0.133 e. The molecule has 0 aliphatic carbocycles. The Morgan fingerprint density at radius 2 is 2.25 bits per heavy atom. The van der Waals surface area contributed by atoms with Crippen molar-refractivity contribution in [2.24, 2.45) is 5.92 Å². The Kier molecular flexibility index (Phi) is 4.15. The maximum atomic E-state index is 10.1. The molecule has 0 aromatic heterocycles. The molecule has 0 spiro atoms. The number of carbonyl (C=O) groups excluding carboxylic acids is 1. The van der Waals surface area contributed by atoms with Crippen molar-refractivity contribution in [2.45, 2.75) is 25.1 Å². The van der Waals surface area contributed by atoms with Crippen LogP contribution in [0.3, 0.4) is 0 Å². The van der Waals surface area contributed by atoms with Crippen LogP contribution in [0.2, 0.25) is 0 Å². The molecule has 2 unspecified atom stereocenters. The summed E-state index contributed by atoms with van der Waals surface area (Å²) in [6, 6.07) is 0. The topological polar surface area (TPSA) is 17.1 Å². The fraction of sp³-hybridized carbons (Fsp3) is 0.833. The predicted octanol–water partition coefficient (Wildman–Crippen LogP) is 1.99. The van der Waals surface area contributed by atoms with Crippen LogP contribution < -0.4 is 0 Å². The summed E-state index contributed by atoms with van der Waals surface area (Å²) in [5.74, 6) is 0.465. The van der Waals surface area contributed by atoms with Gasteiger partial charge < -0.3 is 4.79 Å². The van der Waals surface area contributed by atoms with Crippen molar-refractivity contribution in [3.05, 3.63) is 0 Å². The van der Waals surface area contributed by atoms with E-state index >= 15 is 0 Å². The molecular weight excluding hydrogens is 168 g/mol. The van der Waals surface area contributed by atoms with Crippen molar-refractivity contribution in [2.75, 3.05) is 0 Å². The molecule has 0 radical (unpaired) electrons. The average Bonchev–Trinajstić information content (AvgIpc) is 1.84. The van der Waals surface area contributed by atoms with Crippen molar-refractivity contribution in [3.8, 4) is 0 Å². The van der Waals surface area contributed by atoms with Crippen LogP contribution in [0, 0.1) is 5.92 Å². The molecule has 0 saturated carbocycles. The second-order valence-electron chi connectivity index (χ2n) is 1.97. The molecule has 0 aliphatic heterocycles. The molecule has 8 heavy (non-hydrogen) atoms. The molecule has 0 saturated heterocycles. The average molecular weight is 179 g/mol. The second-order valence-corrected chi connectivity index (χ2v) is 3.02. The van der Waals surface area contributed by atoms with E-state index in [1.807, 2.05) is 6.92 Å². The number of hydrogen-bond donors (Lipinski definition) is 0. The van der Waals surface area contributed by atoms with Crippen LogP contribution in [-0.4, -0.2) is 11.1 Å². The van der Waals surface area contributed by atoms with Crippen LogP contribution >= 0.6 is 15.9 Å². The predicted molar refractivity (Wildman–Crippen MR) is 38.2 cm³/mol. The standard InChI is InChI=1S/C6H11BrO/c1-3-5(2)6(7)4-8/h4-6H,3H2,1-2H3. The molecule has 48 valence electrons. The largest absolute Gasteiger partial charge is 0.302 e. The summed E-state index contributed by atoms with van der Waals surface area (Å²) < 4.78 is 0. The van der Waals surface area contributed by atoms with Crippen LogP contribution in [0.4, 0.5) is 0 Å². The third-order valence-corrected chi connectivity index (χ3v) is 2.44. The lowest BCUT2D eigenvalue weighted by atomic mass is 10.1. The van der Waals surface area contributed by atoms with Crippen molar-refractivity contribution in [3.63, 3.8) is 0 Å². The van der Waals surface area contributed by atoms with Gasteiger partial charge >= 0.3 is 0 Å². The molecule has 0 N–H and O–H groups in total. The third kappa shape index (κ3) is 2.46. The van der Waals surface area contributed by atoms with Crippen molar-refractivity contribution >= 4 is 22.2 Å². The highest BCUT2D eigenvalue weighted by Crippen LogP contribution is 2.12. The number of alkyl halides is 1. The number of halogens is 1. The molecule has 1 nitrogen and oxygen atoms in total. The minimum absolute atomic E-state index is 0.0486. The molecule has 0 fully saturated rings. The van der Waals surface area contributed by atoms with Gasteiger partial charge in [0.1, 0.15) is 6.29 Å². The van der Waals surface area contributed by atoms with E-state index < -0.39 is 0 Å². The van der Waals surface area contributed by atoms with Crippen molar-refractivity contribution < 1.29 is 4.79 Å². The van der Waals surface area contributed by atoms with E-state index in [-0.39, 0.29) is 4.83 Å². The van der Waals surface area contributed by atoms with E-state index in [9.17, 15) is 4.79 Å². The summed E-state index contributed by atoms with van der Waals surface area (Å²) in [7, 11) is 0. The normalized spacial score (nSPS) is 17.4. The summed E-state index contributed by atoms with van der Waals surface area (Å²) in [4.78, 5) is 10.1. The monoisotopic (exact) mass is 178 g/mol. The molecule has 2 atom stereocenters. The first kappa shape index (κ1) is 8.15. The fourth-order valence-corrected chi connectivity index (χ4v) is 0.733. The van der Waals surface area contributed by atoms with Gasteiger partial charge in [0.05, 0.1) is 4.83 Å². The molecule has 2 heteroatoms. The molecule has 0 bridgehead atoms. The first-order valence-corrected chi connectivity index (χ1v) is 3.73. The quantitative estimate of drug-likeness (QED) is 0.478. The Labute approximate surface area is 58.6 Å². The van der Waals surface area contributed by atoms with Gasteiger partial charge in [0.25, 0.3) is 0 Å². The van der Waals surface area contributed by atoms with E-state index in [0.29, 0.717) is 5.92 Å². The summed E-state index contributed by atoms with van der Waals surface area (Å²) in [5.41, 5.74) is 0. The van der Waals surface area contributed by atoms with Gasteiger partial charge in [-0.25, -0.2) is 0 Å². The van der Waals surface area contributed by atoms with E-state index in [4.69, 9.17) is 0 Å². The summed E-state index contributed by atoms with van der Waals surface area (Å²) >= 11 is 3.23. The maximum Gasteiger partial charge on any atom is 0.133 e. The van der Waals surface area contributed by atoms with E-state index in [1.165, 1.54) is 0 Å². The first-order chi connectivity index (χ1) is 3.72.